The summed E-state index contributed by atoms with van der Waals surface area (Å²) in [6.45, 7) is 0. The predicted molar refractivity (Wildman–Crippen MR) is 35.9 cm³/mol. The van der Waals surface area contributed by atoms with Crippen molar-refractivity contribution in [3.8, 4) is 0 Å². The van der Waals surface area contributed by atoms with E-state index in [1.165, 1.54) is 0 Å². The first-order valence-corrected chi connectivity index (χ1v) is 3.75. The molecule has 0 aromatic carbocycles. The van der Waals surface area contributed by atoms with Crippen LogP contribution in [0.1, 0.15) is 25.7 Å². The van der Waals surface area contributed by atoms with Gasteiger partial charge in [0.1, 0.15) is 0 Å². The van der Waals surface area contributed by atoms with Gasteiger partial charge in [-0.25, -0.2) is 8.78 Å². The second kappa shape index (κ2) is 3.28. The smallest absolute Gasteiger partial charge is 0.253 e. The van der Waals surface area contributed by atoms with E-state index in [4.69, 9.17) is 5.73 Å². The highest BCUT2D eigenvalue weighted by atomic mass is 19.3. The molecule has 0 saturated heterocycles. The molecule has 1 nitrogen and oxygen atoms in total. The van der Waals surface area contributed by atoms with Gasteiger partial charge in [-0.2, -0.15) is 0 Å². The average Bonchev–Trinajstić information content (AvgIpc) is 2.36. The third-order valence-corrected chi connectivity index (χ3v) is 2.24. The summed E-state index contributed by atoms with van der Waals surface area (Å²) in [5.41, 5.74) is 5.27. The Labute approximate surface area is 59.6 Å². The van der Waals surface area contributed by atoms with Crippen LogP contribution in [0.2, 0.25) is 0 Å². The minimum absolute atomic E-state index is 0.0833. The summed E-state index contributed by atoms with van der Waals surface area (Å²) < 4.78 is 23.9. The molecule has 0 aromatic heterocycles. The van der Waals surface area contributed by atoms with Crippen LogP contribution in [0.15, 0.2) is 0 Å². The van der Waals surface area contributed by atoms with Crippen molar-refractivity contribution in [3.05, 3.63) is 0 Å². The summed E-state index contributed by atoms with van der Waals surface area (Å²) in [5, 5.41) is 0. The highest BCUT2D eigenvalue weighted by Gasteiger charge is 2.28. The van der Waals surface area contributed by atoms with E-state index < -0.39 is 12.5 Å². The molecule has 1 fully saturated rings. The molecule has 1 aliphatic carbocycles. The number of hydrogen-bond donors (Lipinski definition) is 1. The molecule has 0 aliphatic heterocycles. The van der Waals surface area contributed by atoms with Crippen LogP contribution in [0.3, 0.4) is 0 Å². The zero-order valence-electron chi connectivity index (χ0n) is 5.89. The first-order valence-electron chi connectivity index (χ1n) is 3.75. The molecular formula is C7H13F2N. The SMILES string of the molecule is N[C@H](C(F)F)C1CCCC1. The van der Waals surface area contributed by atoms with Crippen molar-refractivity contribution >= 4 is 0 Å². The lowest BCUT2D eigenvalue weighted by molar-refractivity contribution is 0.0897. The molecule has 0 bridgehead atoms. The van der Waals surface area contributed by atoms with Gasteiger partial charge in [0.2, 0.25) is 0 Å². The van der Waals surface area contributed by atoms with Crippen LogP contribution in [0, 0.1) is 5.92 Å². The standard InChI is InChI=1S/C7H13F2N/c8-7(9)6(10)5-3-1-2-4-5/h5-7H,1-4,10H2/t6-/m0/s1. The van der Waals surface area contributed by atoms with Crippen LogP contribution in [-0.2, 0) is 0 Å². The maximum atomic E-state index is 12.0. The Balaban J connectivity index is 2.32. The highest BCUT2D eigenvalue weighted by Crippen LogP contribution is 2.28. The van der Waals surface area contributed by atoms with E-state index in [0.717, 1.165) is 25.7 Å². The van der Waals surface area contributed by atoms with Gasteiger partial charge in [0.15, 0.2) is 0 Å². The molecule has 0 aromatic rings. The fraction of sp³-hybridized carbons (Fsp3) is 1.00. The van der Waals surface area contributed by atoms with Crippen LogP contribution < -0.4 is 5.73 Å². The van der Waals surface area contributed by atoms with Crippen molar-refractivity contribution in [2.75, 3.05) is 0 Å². The second-order valence-corrected chi connectivity index (χ2v) is 2.96. The number of nitrogens with two attached hydrogens (primary N) is 1. The summed E-state index contributed by atoms with van der Waals surface area (Å²) in [5.74, 6) is 0.0833. The molecule has 10 heavy (non-hydrogen) atoms. The fourth-order valence-electron chi connectivity index (χ4n) is 1.55. The third kappa shape index (κ3) is 1.66. The van der Waals surface area contributed by atoms with E-state index in [-0.39, 0.29) is 5.92 Å². The van der Waals surface area contributed by atoms with E-state index >= 15 is 0 Å². The lowest BCUT2D eigenvalue weighted by Crippen LogP contribution is -2.35. The molecule has 1 aliphatic rings. The highest BCUT2D eigenvalue weighted by molar-refractivity contribution is 4.79. The second-order valence-electron chi connectivity index (χ2n) is 2.96. The maximum Gasteiger partial charge on any atom is 0.253 e. The van der Waals surface area contributed by atoms with Gasteiger partial charge in [-0.1, -0.05) is 12.8 Å². The zero-order valence-corrected chi connectivity index (χ0v) is 5.89. The lowest BCUT2D eigenvalue weighted by atomic mass is 10.00. The van der Waals surface area contributed by atoms with Gasteiger partial charge in [-0.3, -0.25) is 0 Å². The minimum Gasteiger partial charge on any atom is -0.323 e. The Morgan fingerprint density at radius 3 is 2.10 bits per heavy atom. The van der Waals surface area contributed by atoms with E-state index in [1.54, 1.807) is 0 Å². The Morgan fingerprint density at radius 2 is 1.70 bits per heavy atom. The van der Waals surface area contributed by atoms with Crippen molar-refractivity contribution in [1.82, 2.24) is 0 Å². The summed E-state index contributed by atoms with van der Waals surface area (Å²) in [6, 6.07) is -0.873. The molecule has 3 heteroatoms. The number of rotatable bonds is 2. The summed E-state index contributed by atoms with van der Waals surface area (Å²) >= 11 is 0. The molecule has 0 spiro atoms. The number of halogens is 2. The van der Waals surface area contributed by atoms with Crippen LogP contribution in [0.25, 0.3) is 0 Å². The van der Waals surface area contributed by atoms with Gasteiger partial charge < -0.3 is 5.73 Å². The van der Waals surface area contributed by atoms with Crippen LogP contribution in [0.4, 0.5) is 8.78 Å². The quantitative estimate of drug-likeness (QED) is 0.636. The van der Waals surface area contributed by atoms with E-state index in [9.17, 15) is 8.78 Å². The van der Waals surface area contributed by atoms with Gasteiger partial charge >= 0.3 is 0 Å². The van der Waals surface area contributed by atoms with Crippen molar-refractivity contribution in [2.24, 2.45) is 11.7 Å². The van der Waals surface area contributed by atoms with Crippen LogP contribution in [0.5, 0.6) is 0 Å². The Hall–Kier alpha value is -0.180. The summed E-state index contributed by atoms with van der Waals surface area (Å²) in [4.78, 5) is 0. The lowest BCUT2D eigenvalue weighted by Gasteiger charge is -2.16. The normalized spacial score (nSPS) is 24.0. The predicted octanol–water partition coefficient (Wildman–Crippen LogP) is 1.77. The first-order chi connectivity index (χ1) is 4.72. The van der Waals surface area contributed by atoms with Gasteiger partial charge in [-0.15, -0.1) is 0 Å². The van der Waals surface area contributed by atoms with Crippen molar-refractivity contribution in [2.45, 2.75) is 38.2 Å². The van der Waals surface area contributed by atoms with Crippen LogP contribution >= 0.6 is 0 Å². The Kier molecular flexibility index (Phi) is 2.60. The molecule has 2 N–H and O–H groups in total. The Bertz CT molecular complexity index is 99.8. The molecule has 60 valence electrons. The molecule has 1 rings (SSSR count). The minimum atomic E-state index is -2.33. The molecule has 0 heterocycles. The summed E-state index contributed by atoms with van der Waals surface area (Å²) in [7, 11) is 0. The maximum absolute atomic E-state index is 12.0. The summed E-state index contributed by atoms with van der Waals surface area (Å²) in [6.07, 6.45) is 1.61. The molecule has 0 amide bonds. The van der Waals surface area contributed by atoms with Gasteiger partial charge in [0.05, 0.1) is 6.04 Å². The van der Waals surface area contributed by atoms with Crippen molar-refractivity contribution in [3.63, 3.8) is 0 Å². The average molecular weight is 149 g/mol. The van der Waals surface area contributed by atoms with Crippen LogP contribution in [-0.4, -0.2) is 12.5 Å². The van der Waals surface area contributed by atoms with Gasteiger partial charge in [-0.05, 0) is 18.8 Å². The molecule has 0 unspecified atom stereocenters. The van der Waals surface area contributed by atoms with E-state index in [0.29, 0.717) is 0 Å². The first kappa shape index (κ1) is 7.92. The number of hydrogen-bond acceptors (Lipinski definition) is 1. The number of alkyl halides is 2. The molecule has 1 atom stereocenters. The van der Waals surface area contributed by atoms with Gasteiger partial charge in [0, 0.05) is 0 Å². The fourth-order valence-corrected chi connectivity index (χ4v) is 1.55. The molecule has 1 saturated carbocycles. The van der Waals surface area contributed by atoms with Crippen molar-refractivity contribution < 1.29 is 8.78 Å². The molecular weight excluding hydrogens is 136 g/mol. The van der Waals surface area contributed by atoms with E-state index in [2.05, 4.69) is 0 Å². The van der Waals surface area contributed by atoms with Crippen molar-refractivity contribution in [1.29, 1.82) is 0 Å². The molecule has 0 radical (unpaired) electrons. The Morgan fingerprint density at radius 1 is 1.20 bits per heavy atom. The van der Waals surface area contributed by atoms with Gasteiger partial charge in [0.25, 0.3) is 6.43 Å². The third-order valence-electron chi connectivity index (χ3n) is 2.24. The zero-order chi connectivity index (χ0) is 7.56. The largest absolute Gasteiger partial charge is 0.323 e. The topological polar surface area (TPSA) is 26.0 Å². The van der Waals surface area contributed by atoms with E-state index in [1.807, 2.05) is 0 Å². The monoisotopic (exact) mass is 149 g/mol.